The van der Waals surface area contributed by atoms with Gasteiger partial charge in [-0.15, -0.1) is 0 Å². The molecule has 90 valence electrons. The quantitative estimate of drug-likeness (QED) is 0.735. The molecule has 0 unspecified atom stereocenters. The molecular weight excluding hydrogens is 216 g/mol. The van der Waals surface area contributed by atoms with Crippen LogP contribution in [0.1, 0.15) is 31.9 Å². The van der Waals surface area contributed by atoms with Gasteiger partial charge in [0.15, 0.2) is 5.78 Å². The Morgan fingerprint density at radius 1 is 1.41 bits per heavy atom. The molecule has 2 rings (SSSR count). The summed E-state index contributed by atoms with van der Waals surface area (Å²) in [5.41, 5.74) is 1.99. The molecule has 0 aliphatic carbocycles. The molecule has 3 heteroatoms. The van der Waals surface area contributed by atoms with Gasteiger partial charge in [0.2, 0.25) is 5.79 Å². The Hall–Kier alpha value is -1.61. The van der Waals surface area contributed by atoms with Crippen LogP contribution in [0.15, 0.2) is 24.3 Å². The molecule has 17 heavy (non-hydrogen) atoms. The third kappa shape index (κ3) is 2.94. The van der Waals surface area contributed by atoms with Gasteiger partial charge in [-0.1, -0.05) is 18.2 Å². The highest BCUT2D eigenvalue weighted by Crippen LogP contribution is 2.32. The van der Waals surface area contributed by atoms with Crippen molar-refractivity contribution in [3.8, 4) is 5.75 Å². The van der Waals surface area contributed by atoms with E-state index in [1.807, 2.05) is 32.0 Å². The van der Waals surface area contributed by atoms with Gasteiger partial charge in [-0.2, -0.15) is 0 Å². The lowest BCUT2D eigenvalue weighted by atomic mass is 10.1. The van der Waals surface area contributed by atoms with Gasteiger partial charge in [0.25, 0.3) is 0 Å². The molecule has 1 aromatic carbocycles. The standard InChI is InChI=1S/C14H16O3/c1-10(15)4-5-11-6-7-12-9-16-14(2,3)17-13(12)8-11/h4-8H,9H2,1-3H3/b5-4+. The second-order valence-electron chi connectivity index (χ2n) is 4.60. The summed E-state index contributed by atoms with van der Waals surface area (Å²) in [6.07, 6.45) is 3.33. The summed E-state index contributed by atoms with van der Waals surface area (Å²) >= 11 is 0. The van der Waals surface area contributed by atoms with Crippen molar-refractivity contribution in [3.63, 3.8) is 0 Å². The smallest absolute Gasteiger partial charge is 0.205 e. The van der Waals surface area contributed by atoms with E-state index in [2.05, 4.69) is 0 Å². The molecule has 0 fully saturated rings. The molecule has 0 N–H and O–H groups in total. The van der Waals surface area contributed by atoms with Crippen LogP contribution in [-0.2, 0) is 16.1 Å². The number of fused-ring (bicyclic) bond motifs is 1. The average Bonchev–Trinajstić information content (AvgIpc) is 2.24. The molecule has 0 amide bonds. The van der Waals surface area contributed by atoms with Crippen LogP contribution in [-0.4, -0.2) is 11.6 Å². The molecule has 3 nitrogen and oxygen atoms in total. The lowest BCUT2D eigenvalue weighted by Gasteiger charge is -2.32. The summed E-state index contributed by atoms with van der Waals surface area (Å²) in [5, 5.41) is 0. The second-order valence-corrected chi connectivity index (χ2v) is 4.60. The minimum Gasteiger partial charge on any atom is -0.463 e. The Labute approximate surface area is 101 Å². The first-order chi connectivity index (χ1) is 7.96. The SMILES string of the molecule is CC(=O)/C=C/c1ccc2c(c1)OC(C)(C)OC2. The number of ether oxygens (including phenoxy) is 2. The lowest BCUT2D eigenvalue weighted by Crippen LogP contribution is -2.35. The molecule has 0 saturated heterocycles. The van der Waals surface area contributed by atoms with Gasteiger partial charge >= 0.3 is 0 Å². The fourth-order valence-electron chi connectivity index (χ4n) is 1.65. The van der Waals surface area contributed by atoms with Crippen LogP contribution in [0, 0.1) is 0 Å². The van der Waals surface area contributed by atoms with Crippen molar-refractivity contribution in [1.82, 2.24) is 0 Å². The third-order valence-corrected chi connectivity index (χ3v) is 2.53. The summed E-state index contributed by atoms with van der Waals surface area (Å²) in [5.74, 6) is 0.273. The molecule has 1 aliphatic rings. The van der Waals surface area contributed by atoms with Gasteiger partial charge in [0.05, 0.1) is 6.61 Å². The fourth-order valence-corrected chi connectivity index (χ4v) is 1.65. The minimum absolute atomic E-state index is 0.0345. The zero-order valence-corrected chi connectivity index (χ0v) is 10.3. The van der Waals surface area contributed by atoms with Crippen molar-refractivity contribution in [2.45, 2.75) is 33.2 Å². The van der Waals surface area contributed by atoms with Crippen molar-refractivity contribution < 1.29 is 14.3 Å². The highest BCUT2D eigenvalue weighted by molar-refractivity contribution is 5.91. The predicted molar refractivity (Wildman–Crippen MR) is 65.7 cm³/mol. The van der Waals surface area contributed by atoms with E-state index in [4.69, 9.17) is 9.47 Å². The number of allylic oxidation sites excluding steroid dienone is 1. The van der Waals surface area contributed by atoms with Crippen molar-refractivity contribution >= 4 is 11.9 Å². The molecule has 0 saturated carbocycles. The lowest BCUT2D eigenvalue weighted by molar-refractivity contribution is -0.180. The number of rotatable bonds is 2. The van der Waals surface area contributed by atoms with Crippen LogP contribution in [0.5, 0.6) is 5.75 Å². The Kier molecular flexibility index (Phi) is 3.03. The van der Waals surface area contributed by atoms with E-state index in [-0.39, 0.29) is 5.78 Å². The highest BCUT2D eigenvalue weighted by atomic mass is 16.7. The molecule has 0 aromatic heterocycles. The van der Waals surface area contributed by atoms with E-state index in [0.717, 1.165) is 16.9 Å². The van der Waals surface area contributed by atoms with Crippen molar-refractivity contribution in [3.05, 3.63) is 35.4 Å². The molecule has 0 bridgehead atoms. The minimum atomic E-state index is -0.587. The van der Waals surface area contributed by atoms with E-state index < -0.39 is 5.79 Å². The van der Waals surface area contributed by atoms with Gasteiger partial charge in [0.1, 0.15) is 5.75 Å². The van der Waals surface area contributed by atoms with Crippen LogP contribution < -0.4 is 4.74 Å². The summed E-state index contributed by atoms with van der Waals surface area (Å²) in [7, 11) is 0. The summed E-state index contributed by atoms with van der Waals surface area (Å²) in [4.78, 5) is 10.9. The third-order valence-electron chi connectivity index (χ3n) is 2.53. The molecule has 1 heterocycles. The number of hydrogen-bond acceptors (Lipinski definition) is 3. The molecule has 1 aromatic rings. The van der Waals surface area contributed by atoms with Crippen LogP contribution in [0.3, 0.4) is 0 Å². The first-order valence-corrected chi connectivity index (χ1v) is 5.61. The molecule has 0 spiro atoms. The number of ketones is 1. The largest absolute Gasteiger partial charge is 0.463 e. The van der Waals surface area contributed by atoms with Crippen LogP contribution in [0.2, 0.25) is 0 Å². The molecule has 1 aliphatic heterocycles. The maximum Gasteiger partial charge on any atom is 0.205 e. The molecule has 0 atom stereocenters. The Balaban J connectivity index is 2.27. The van der Waals surface area contributed by atoms with Crippen molar-refractivity contribution in [2.75, 3.05) is 0 Å². The summed E-state index contributed by atoms with van der Waals surface area (Å²) in [6, 6.07) is 5.84. The topological polar surface area (TPSA) is 35.5 Å². The van der Waals surface area contributed by atoms with Crippen molar-refractivity contribution in [2.24, 2.45) is 0 Å². The first kappa shape index (κ1) is 11.9. The fraction of sp³-hybridized carbons (Fsp3) is 0.357. The van der Waals surface area contributed by atoms with Gasteiger partial charge < -0.3 is 9.47 Å². The Bertz CT molecular complexity index is 472. The van der Waals surface area contributed by atoms with Gasteiger partial charge in [0, 0.05) is 19.4 Å². The average molecular weight is 232 g/mol. The van der Waals surface area contributed by atoms with Crippen LogP contribution >= 0.6 is 0 Å². The second kappa shape index (κ2) is 4.34. The van der Waals surface area contributed by atoms with Gasteiger partial charge in [-0.25, -0.2) is 0 Å². The van der Waals surface area contributed by atoms with Gasteiger partial charge in [-0.05, 0) is 24.6 Å². The zero-order chi connectivity index (χ0) is 12.5. The summed E-state index contributed by atoms with van der Waals surface area (Å²) < 4.78 is 11.3. The number of carbonyl (C=O) groups is 1. The normalized spacial score (nSPS) is 17.6. The molecular formula is C14H16O3. The van der Waals surface area contributed by atoms with E-state index in [0.29, 0.717) is 6.61 Å². The number of hydrogen-bond donors (Lipinski definition) is 0. The number of benzene rings is 1. The predicted octanol–water partition coefficient (Wildman–Crippen LogP) is 2.93. The first-order valence-electron chi connectivity index (χ1n) is 5.61. The van der Waals surface area contributed by atoms with E-state index in [9.17, 15) is 4.79 Å². The van der Waals surface area contributed by atoms with Gasteiger partial charge in [-0.3, -0.25) is 4.79 Å². The van der Waals surface area contributed by atoms with Crippen molar-refractivity contribution in [1.29, 1.82) is 0 Å². The highest BCUT2D eigenvalue weighted by Gasteiger charge is 2.26. The number of carbonyl (C=O) groups excluding carboxylic acids is 1. The van der Waals surface area contributed by atoms with Crippen LogP contribution in [0.4, 0.5) is 0 Å². The monoisotopic (exact) mass is 232 g/mol. The Morgan fingerprint density at radius 3 is 2.88 bits per heavy atom. The zero-order valence-electron chi connectivity index (χ0n) is 10.3. The van der Waals surface area contributed by atoms with E-state index in [1.165, 1.54) is 6.92 Å². The maximum atomic E-state index is 10.9. The maximum absolute atomic E-state index is 10.9. The molecule has 0 radical (unpaired) electrons. The summed E-state index contributed by atoms with van der Waals surface area (Å²) in [6.45, 7) is 5.85. The van der Waals surface area contributed by atoms with E-state index in [1.54, 1.807) is 12.2 Å². The van der Waals surface area contributed by atoms with Crippen LogP contribution in [0.25, 0.3) is 6.08 Å². The Morgan fingerprint density at radius 2 is 2.18 bits per heavy atom. The van der Waals surface area contributed by atoms with E-state index >= 15 is 0 Å².